The van der Waals surface area contributed by atoms with Gasteiger partial charge in [-0.2, -0.15) is 0 Å². The maximum Gasteiger partial charge on any atom is 0.231 e. The molecule has 1 unspecified atom stereocenters. The number of hydrogen-bond donors (Lipinski definition) is 1. The molecule has 3 aliphatic rings. The first-order valence-corrected chi connectivity index (χ1v) is 12.7. The Hall–Kier alpha value is -2.77. The minimum Gasteiger partial charge on any atom is -0.494 e. The van der Waals surface area contributed by atoms with E-state index in [4.69, 9.17) is 19.2 Å². The molecule has 2 fully saturated rings. The lowest BCUT2D eigenvalue weighted by molar-refractivity contribution is 0.174. The first kappa shape index (κ1) is 20.8. The molecule has 6 rings (SSSR count). The number of nitrogens with one attached hydrogen (secondary N) is 1. The van der Waals surface area contributed by atoms with E-state index in [0.717, 1.165) is 48.3 Å². The molecule has 6 nitrogen and oxygen atoms in total. The molecule has 1 aromatic heterocycles. The SMILES string of the molecule is CCOc1ccccc1C(c1cnc(NC2(c3ccc4c(c3)OCO4)CC2)s1)N1CCCC1. The van der Waals surface area contributed by atoms with E-state index in [2.05, 4.69) is 52.8 Å². The highest BCUT2D eigenvalue weighted by molar-refractivity contribution is 7.15. The molecule has 3 heterocycles. The van der Waals surface area contributed by atoms with E-state index in [0.29, 0.717) is 13.4 Å². The van der Waals surface area contributed by atoms with Crippen molar-refractivity contribution in [1.29, 1.82) is 0 Å². The topological polar surface area (TPSA) is 55.9 Å². The second kappa shape index (κ2) is 8.54. The third-order valence-corrected chi connectivity index (χ3v) is 7.80. The first-order valence-electron chi connectivity index (χ1n) is 11.9. The Balaban J connectivity index is 1.29. The summed E-state index contributed by atoms with van der Waals surface area (Å²) in [5, 5.41) is 4.73. The fourth-order valence-corrected chi connectivity index (χ4v) is 6.07. The lowest BCUT2D eigenvalue weighted by Crippen LogP contribution is -2.26. The Morgan fingerprint density at radius 3 is 2.76 bits per heavy atom. The Morgan fingerprint density at radius 1 is 1.12 bits per heavy atom. The minimum atomic E-state index is -0.0670. The number of likely N-dealkylation sites (tertiary alicyclic amines) is 1. The van der Waals surface area contributed by atoms with E-state index in [1.165, 1.54) is 28.8 Å². The van der Waals surface area contributed by atoms with Crippen LogP contribution in [0.4, 0.5) is 5.13 Å². The molecule has 1 saturated carbocycles. The van der Waals surface area contributed by atoms with Crippen LogP contribution in [0.3, 0.4) is 0 Å². The van der Waals surface area contributed by atoms with Crippen molar-refractivity contribution in [1.82, 2.24) is 9.88 Å². The number of rotatable bonds is 8. The van der Waals surface area contributed by atoms with Crippen LogP contribution >= 0.6 is 11.3 Å². The van der Waals surface area contributed by atoms with Gasteiger partial charge in [-0.3, -0.25) is 4.90 Å². The normalized spacial score (nSPS) is 19.4. The lowest BCUT2D eigenvalue weighted by Gasteiger charge is -2.28. The molecule has 1 saturated heterocycles. The molecule has 1 atom stereocenters. The van der Waals surface area contributed by atoms with Crippen LogP contribution in [0.2, 0.25) is 0 Å². The summed E-state index contributed by atoms with van der Waals surface area (Å²) in [6.07, 6.45) is 6.71. The number of aromatic nitrogens is 1. The minimum absolute atomic E-state index is 0.0670. The summed E-state index contributed by atoms with van der Waals surface area (Å²) >= 11 is 1.76. The van der Waals surface area contributed by atoms with Crippen molar-refractivity contribution in [2.75, 3.05) is 31.8 Å². The molecule has 172 valence electrons. The predicted octanol–water partition coefficient (Wildman–Crippen LogP) is 5.56. The summed E-state index contributed by atoms with van der Waals surface area (Å²) in [4.78, 5) is 8.64. The highest BCUT2D eigenvalue weighted by Crippen LogP contribution is 2.51. The van der Waals surface area contributed by atoms with Crippen molar-refractivity contribution in [2.24, 2.45) is 0 Å². The average molecular weight is 464 g/mol. The average Bonchev–Trinajstić information content (AvgIpc) is 3.25. The fraction of sp³-hybridized carbons (Fsp3) is 0.423. The van der Waals surface area contributed by atoms with Crippen LogP contribution in [0.15, 0.2) is 48.7 Å². The highest BCUT2D eigenvalue weighted by atomic mass is 32.1. The van der Waals surface area contributed by atoms with Gasteiger partial charge in [0.15, 0.2) is 16.6 Å². The molecular formula is C26H29N3O3S. The standard InChI is InChI=1S/C26H29N3O3S/c1-2-30-20-8-4-3-7-19(20)24(29-13-5-6-14-29)23-16-27-25(33-23)28-26(11-12-26)18-9-10-21-22(15-18)32-17-31-21/h3-4,7-10,15-16,24H,2,5-6,11-14,17H2,1H3,(H,27,28). The van der Waals surface area contributed by atoms with Gasteiger partial charge in [0, 0.05) is 16.6 Å². The van der Waals surface area contributed by atoms with E-state index >= 15 is 0 Å². The van der Waals surface area contributed by atoms with Gasteiger partial charge >= 0.3 is 0 Å². The van der Waals surface area contributed by atoms with Crippen LogP contribution in [0, 0.1) is 0 Å². The lowest BCUT2D eigenvalue weighted by atomic mass is 10.0. The van der Waals surface area contributed by atoms with Crippen LogP contribution in [0.25, 0.3) is 0 Å². The van der Waals surface area contributed by atoms with Crippen LogP contribution in [-0.4, -0.2) is 36.4 Å². The molecule has 1 aliphatic carbocycles. The molecule has 1 N–H and O–H groups in total. The number of benzene rings is 2. The molecule has 0 amide bonds. The predicted molar refractivity (Wildman–Crippen MR) is 129 cm³/mol. The van der Waals surface area contributed by atoms with Gasteiger partial charge in [-0.05, 0) is 69.5 Å². The van der Waals surface area contributed by atoms with E-state index in [1.807, 2.05) is 13.0 Å². The molecule has 0 bridgehead atoms. The number of anilines is 1. The number of ether oxygens (including phenoxy) is 3. The second-order valence-electron chi connectivity index (χ2n) is 8.96. The monoisotopic (exact) mass is 463 g/mol. The largest absolute Gasteiger partial charge is 0.494 e. The molecular weight excluding hydrogens is 434 g/mol. The van der Waals surface area contributed by atoms with Gasteiger partial charge in [-0.25, -0.2) is 4.98 Å². The number of hydrogen-bond acceptors (Lipinski definition) is 7. The second-order valence-corrected chi connectivity index (χ2v) is 10.0. The van der Waals surface area contributed by atoms with E-state index in [1.54, 1.807) is 11.3 Å². The summed E-state index contributed by atoms with van der Waals surface area (Å²) in [5.41, 5.74) is 2.40. The maximum absolute atomic E-state index is 6.01. The van der Waals surface area contributed by atoms with Crippen molar-refractivity contribution >= 4 is 16.5 Å². The zero-order chi connectivity index (χ0) is 22.3. The zero-order valence-electron chi connectivity index (χ0n) is 18.9. The maximum atomic E-state index is 6.01. The van der Waals surface area contributed by atoms with E-state index in [9.17, 15) is 0 Å². The Bertz CT molecular complexity index is 1140. The summed E-state index contributed by atoms with van der Waals surface area (Å²) in [6, 6.07) is 14.9. The van der Waals surface area contributed by atoms with Gasteiger partial charge in [0.1, 0.15) is 5.75 Å². The molecule has 2 aromatic carbocycles. The van der Waals surface area contributed by atoms with Crippen LogP contribution < -0.4 is 19.5 Å². The van der Waals surface area contributed by atoms with Crippen molar-refractivity contribution in [3.8, 4) is 17.2 Å². The quantitative estimate of drug-likeness (QED) is 0.472. The highest BCUT2D eigenvalue weighted by Gasteiger charge is 2.46. The van der Waals surface area contributed by atoms with Crippen LogP contribution in [0.5, 0.6) is 17.2 Å². The van der Waals surface area contributed by atoms with Gasteiger partial charge in [-0.15, -0.1) is 11.3 Å². The molecule has 33 heavy (non-hydrogen) atoms. The van der Waals surface area contributed by atoms with Crippen LogP contribution in [0.1, 0.15) is 54.7 Å². The first-order chi connectivity index (χ1) is 16.3. The molecule has 7 heteroatoms. The van der Waals surface area contributed by atoms with Gasteiger partial charge in [-0.1, -0.05) is 24.3 Å². The number of para-hydroxylation sites is 1. The summed E-state index contributed by atoms with van der Waals surface area (Å²) < 4.78 is 17.1. The van der Waals surface area contributed by atoms with Crippen molar-refractivity contribution < 1.29 is 14.2 Å². The van der Waals surface area contributed by atoms with Crippen molar-refractivity contribution in [3.63, 3.8) is 0 Å². The van der Waals surface area contributed by atoms with E-state index < -0.39 is 0 Å². The van der Waals surface area contributed by atoms with Crippen LogP contribution in [-0.2, 0) is 5.54 Å². The number of nitrogens with zero attached hydrogens (tertiary/aromatic N) is 2. The smallest absolute Gasteiger partial charge is 0.231 e. The molecule has 2 aliphatic heterocycles. The molecule has 0 spiro atoms. The Morgan fingerprint density at radius 2 is 1.94 bits per heavy atom. The number of thiazole rings is 1. The summed E-state index contributed by atoms with van der Waals surface area (Å²) in [5.74, 6) is 2.63. The zero-order valence-corrected chi connectivity index (χ0v) is 19.7. The van der Waals surface area contributed by atoms with E-state index in [-0.39, 0.29) is 11.6 Å². The summed E-state index contributed by atoms with van der Waals surface area (Å²) in [6.45, 7) is 5.22. The van der Waals surface area contributed by atoms with Gasteiger partial charge in [0.2, 0.25) is 6.79 Å². The van der Waals surface area contributed by atoms with Crippen molar-refractivity contribution in [3.05, 3.63) is 64.7 Å². The van der Waals surface area contributed by atoms with Crippen molar-refractivity contribution in [2.45, 2.75) is 44.2 Å². The number of fused-ring (bicyclic) bond motifs is 1. The Labute approximate surface area is 198 Å². The summed E-state index contributed by atoms with van der Waals surface area (Å²) in [7, 11) is 0. The van der Waals surface area contributed by atoms with Gasteiger partial charge < -0.3 is 19.5 Å². The third-order valence-electron chi connectivity index (χ3n) is 6.83. The molecule has 0 radical (unpaired) electrons. The Kier molecular flexibility index (Phi) is 5.38. The molecule has 3 aromatic rings. The fourth-order valence-electron chi connectivity index (χ4n) is 5.00. The van der Waals surface area contributed by atoms with Gasteiger partial charge in [0.25, 0.3) is 0 Å². The third kappa shape index (κ3) is 3.93. The van der Waals surface area contributed by atoms with Gasteiger partial charge in [0.05, 0.1) is 18.2 Å².